The summed E-state index contributed by atoms with van der Waals surface area (Å²) >= 11 is 1.20. The number of nitriles is 1. The molecule has 2 N–H and O–H groups in total. The first-order valence-corrected chi connectivity index (χ1v) is 10.4. The SMILES string of the molecule is COCCNC(=O)CSc1ccccc1C(=O)OC(C)C(=O)Nc1cccc(C#N)c1. The number of carbonyl (C=O) groups excluding carboxylic acids is 3. The highest BCUT2D eigenvalue weighted by Gasteiger charge is 2.21. The third-order valence-corrected chi connectivity index (χ3v) is 5.08. The number of nitrogens with one attached hydrogen (secondary N) is 2. The van der Waals surface area contributed by atoms with Gasteiger partial charge in [-0.05, 0) is 37.3 Å². The molecule has 31 heavy (non-hydrogen) atoms. The molecule has 0 saturated carbocycles. The van der Waals surface area contributed by atoms with Crippen LogP contribution in [0.1, 0.15) is 22.8 Å². The number of hydrogen-bond acceptors (Lipinski definition) is 7. The Labute approximate surface area is 184 Å². The summed E-state index contributed by atoms with van der Waals surface area (Å²) in [4.78, 5) is 37.4. The van der Waals surface area contributed by atoms with Crippen molar-refractivity contribution in [2.24, 2.45) is 0 Å². The molecule has 0 aromatic heterocycles. The molecule has 9 heteroatoms. The molecule has 0 aliphatic heterocycles. The molecule has 8 nitrogen and oxygen atoms in total. The maximum absolute atomic E-state index is 12.6. The molecule has 0 saturated heterocycles. The van der Waals surface area contributed by atoms with Gasteiger partial charge in [-0.3, -0.25) is 9.59 Å². The van der Waals surface area contributed by atoms with Crippen LogP contribution in [0, 0.1) is 11.3 Å². The zero-order valence-electron chi connectivity index (χ0n) is 17.2. The zero-order chi connectivity index (χ0) is 22.6. The van der Waals surface area contributed by atoms with E-state index >= 15 is 0 Å². The number of anilines is 1. The second-order valence-corrected chi connectivity index (χ2v) is 7.37. The summed E-state index contributed by atoms with van der Waals surface area (Å²) in [6.45, 7) is 2.28. The lowest BCUT2D eigenvalue weighted by atomic mass is 10.2. The molecular weight excluding hydrogens is 418 g/mol. The molecule has 0 aliphatic rings. The van der Waals surface area contributed by atoms with E-state index < -0.39 is 18.0 Å². The number of hydrogen-bond donors (Lipinski definition) is 2. The van der Waals surface area contributed by atoms with E-state index in [1.165, 1.54) is 24.8 Å². The minimum absolute atomic E-state index is 0.124. The van der Waals surface area contributed by atoms with E-state index in [2.05, 4.69) is 10.6 Å². The van der Waals surface area contributed by atoms with E-state index in [-0.39, 0.29) is 17.2 Å². The fourth-order valence-corrected chi connectivity index (χ4v) is 3.31. The van der Waals surface area contributed by atoms with E-state index in [0.717, 1.165) is 0 Å². The van der Waals surface area contributed by atoms with Gasteiger partial charge in [0.2, 0.25) is 5.91 Å². The van der Waals surface area contributed by atoms with Gasteiger partial charge in [0.05, 0.1) is 29.6 Å². The number of amides is 2. The van der Waals surface area contributed by atoms with Gasteiger partial charge in [0.25, 0.3) is 5.91 Å². The first-order chi connectivity index (χ1) is 14.9. The highest BCUT2D eigenvalue weighted by molar-refractivity contribution is 8.00. The van der Waals surface area contributed by atoms with Gasteiger partial charge in [0.15, 0.2) is 6.10 Å². The van der Waals surface area contributed by atoms with Gasteiger partial charge in [0, 0.05) is 24.2 Å². The second kappa shape index (κ2) is 12.4. The van der Waals surface area contributed by atoms with Crippen LogP contribution in [0.5, 0.6) is 0 Å². The summed E-state index contributed by atoms with van der Waals surface area (Å²) in [7, 11) is 1.55. The van der Waals surface area contributed by atoms with Gasteiger partial charge in [-0.1, -0.05) is 18.2 Å². The van der Waals surface area contributed by atoms with E-state index in [1.54, 1.807) is 49.6 Å². The molecule has 0 fully saturated rings. The Bertz CT molecular complexity index is 974. The quantitative estimate of drug-likeness (QED) is 0.331. The smallest absolute Gasteiger partial charge is 0.340 e. The largest absolute Gasteiger partial charge is 0.449 e. The Balaban J connectivity index is 1.95. The minimum atomic E-state index is -1.06. The third-order valence-electron chi connectivity index (χ3n) is 4.01. The average Bonchev–Trinajstić information content (AvgIpc) is 2.78. The number of rotatable bonds is 10. The lowest BCUT2D eigenvalue weighted by molar-refractivity contribution is -0.123. The normalized spacial score (nSPS) is 11.1. The average molecular weight is 442 g/mol. The molecule has 0 spiro atoms. The van der Waals surface area contributed by atoms with Crippen molar-refractivity contribution in [1.82, 2.24) is 5.32 Å². The van der Waals surface area contributed by atoms with Crippen molar-refractivity contribution in [3.8, 4) is 6.07 Å². The Morgan fingerprint density at radius 2 is 1.94 bits per heavy atom. The Hall–Kier alpha value is -3.35. The molecule has 2 aromatic rings. The predicted octanol–water partition coefficient (Wildman–Crippen LogP) is 2.60. The molecule has 1 atom stereocenters. The number of thioether (sulfide) groups is 1. The van der Waals surface area contributed by atoms with Gasteiger partial charge in [-0.2, -0.15) is 5.26 Å². The molecule has 1 unspecified atom stereocenters. The van der Waals surface area contributed by atoms with E-state index in [1.807, 2.05) is 6.07 Å². The van der Waals surface area contributed by atoms with Crippen molar-refractivity contribution in [1.29, 1.82) is 5.26 Å². The van der Waals surface area contributed by atoms with E-state index in [0.29, 0.717) is 29.3 Å². The summed E-state index contributed by atoms with van der Waals surface area (Å²) in [5, 5.41) is 14.3. The number of nitrogens with zero attached hydrogens (tertiary/aromatic N) is 1. The van der Waals surface area contributed by atoms with E-state index in [4.69, 9.17) is 14.7 Å². The minimum Gasteiger partial charge on any atom is -0.449 e. The van der Waals surface area contributed by atoms with Gasteiger partial charge < -0.3 is 20.1 Å². The van der Waals surface area contributed by atoms with Gasteiger partial charge in [-0.15, -0.1) is 11.8 Å². The maximum atomic E-state index is 12.6. The first kappa shape index (κ1) is 23.9. The fourth-order valence-electron chi connectivity index (χ4n) is 2.44. The van der Waals surface area contributed by atoms with Gasteiger partial charge >= 0.3 is 5.97 Å². The third kappa shape index (κ3) is 7.77. The lowest BCUT2D eigenvalue weighted by Crippen LogP contribution is -2.30. The highest BCUT2D eigenvalue weighted by atomic mass is 32.2. The number of ether oxygens (including phenoxy) is 2. The highest BCUT2D eigenvalue weighted by Crippen LogP contribution is 2.23. The van der Waals surface area contributed by atoms with Crippen LogP contribution in [-0.4, -0.2) is 49.9 Å². The standard InChI is InChI=1S/C22H23N3O5S/c1-15(21(27)25-17-7-5-6-16(12-17)13-23)30-22(28)18-8-3-4-9-19(18)31-14-20(26)24-10-11-29-2/h3-9,12,15H,10-11,14H2,1-2H3,(H,24,26)(H,25,27). The second-order valence-electron chi connectivity index (χ2n) is 6.36. The van der Waals surface area contributed by atoms with Gasteiger partial charge in [0.1, 0.15) is 0 Å². The van der Waals surface area contributed by atoms with Crippen LogP contribution in [0.4, 0.5) is 5.69 Å². The topological polar surface area (TPSA) is 118 Å². The summed E-state index contributed by atoms with van der Waals surface area (Å²) in [6, 6.07) is 15.1. The Morgan fingerprint density at radius 1 is 1.16 bits per heavy atom. The number of methoxy groups -OCH3 is 1. The number of esters is 1. The van der Waals surface area contributed by atoms with Crippen LogP contribution in [0.3, 0.4) is 0 Å². The number of carbonyl (C=O) groups is 3. The number of benzene rings is 2. The Morgan fingerprint density at radius 3 is 2.68 bits per heavy atom. The molecule has 2 aromatic carbocycles. The van der Waals surface area contributed by atoms with Crippen LogP contribution in [0.2, 0.25) is 0 Å². The summed E-state index contributed by atoms with van der Waals surface area (Å²) in [6.07, 6.45) is -1.06. The van der Waals surface area contributed by atoms with Crippen molar-refractivity contribution in [3.05, 3.63) is 59.7 Å². The van der Waals surface area contributed by atoms with Crippen LogP contribution >= 0.6 is 11.8 Å². The molecule has 0 aliphatic carbocycles. The molecule has 0 radical (unpaired) electrons. The van der Waals surface area contributed by atoms with Crippen molar-refractivity contribution in [2.75, 3.05) is 31.3 Å². The summed E-state index contributed by atoms with van der Waals surface area (Å²) in [5.74, 6) is -1.25. The van der Waals surface area contributed by atoms with Crippen molar-refractivity contribution in [2.45, 2.75) is 17.9 Å². The zero-order valence-corrected chi connectivity index (χ0v) is 18.0. The fraction of sp³-hybridized carbons (Fsp3) is 0.273. The van der Waals surface area contributed by atoms with Crippen LogP contribution in [0.15, 0.2) is 53.4 Å². The monoisotopic (exact) mass is 441 g/mol. The summed E-state index contributed by atoms with van der Waals surface area (Å²) in [5.41, 5.74) is 1.10. The van der Waals surface area contributed by atoms with Crippen molar-refractivity contribution in [3.63, 3.8) is 0 Å². The first-order valence-electron chi connectivity index (χ1n) is 9.44. The molecule has 2 amide bonds. The molecule has 2 rings (SSSR count). The summed E-state index contributed by atoms with van der Waals surface area (Å²) < 4.78 is 10.2. The van der Waals surface area contributed by atoms with Crippen molar-refractivity contribution < 1.29 is 23.9 Å². The van der Waals surface area contributed by atoms with Crippen LogP contribution in [-0.2, 0) is 19.1 Å². The van der Waals surface area contributed by atoms with Crippen LogP contribution in [0.25, 0.3) is 0 Å². The lowest BCUT2D eigenvalue weighted by Gasteiger charge is -2.15. The van der Waals surface area contributed by atoms with Crippen LogP contribution < -0.4 is 10.6 Å². The maximum Gasteiger partial charge on any atom is 0.340 e. The van der Waals surface area contributed by atoms with Crippen molar-refractivity contribution >= 4 is 35.2 Å². The molecule has 0 heterocycles. The Kier molecular flexibility index (Phi) is 9.55. The molecule has 162 valence electrons. The predicted molar refractivity (Wildman–Crippen MR) is 117 cm³/mol. The molecular formula is C22H23N3O5S. The van der Waals surface area contributed by atoms with E-state index in [9.17, 15) is 14.4 Å². The van der Waals surface area contributed by atoms with Gasteiger partial charge in [-0.25, -0.2) is 4.79 Å². The molecule has 0 bridgehead atoms.